The van der Waals surface area contributed by atoms with Crippen LogP contribution in [0.2, 0.25) is 0 Å². The fourth-order valence-electron chi connectivity index (χ4n) is 4.08. The molecule has 7 nitrogen and oxygen atoms in total. The SMILES string of the molecule is COc1ccc(CCNC(=O)CCSCc2nc3sc4c(c3c(=O)[nH]2)CCCC4)cc1OC. The third-order valence-corrected chi connectivity index (χ3v) is 7.93. The smallest absolute Gasteiger partial charge is 0.259 e. The van der Waals surface area contributed by atoms with Gasteiger partial charge < -0.3 is 19.8 Å². The van der Waals surface area contributed by atoms with Gasteiger partial charge in [-0.25, -0.2) is 4.98 Å². The molecule has 9 heteroatoms. The normalized spacial score (nSPS) is 13.0. The second-order valence-electron chi connectivity index (χ2n) is 8.00. The van der Waals surface area contributed by atoms with Gasteiger partial charge in [-0.1, -0.05) is 6.07 Å². The quantitative estimate of drug-likeness (QED) is 0.422. The number of methoxy groups -OCH3 is 2. The Balaban J connectivity index is 1.21. The zero-order valence-electron chi connectivity index (χ0n) is 19.0. The van der Waals surface area contributed by atoms with Gasteiger partial charge in [-0.3, -0.25) is 9.59 Å². The lowest BCUT2D eigenvalue weighted by Crippen LogP contribution is -2.25. The van der Waals surface area contributed by atoms with Gasteiger partial charge in [-0.05, 0) is 55.4 Å². The van der Waals surface area contributed by atoms with E-state index >= 15 is 0 Å². The van der Waals surface area contributed by atoms with Crippen molar-refractivity contribution in [3.8, 4) is 11.5 Å². The van der Waals surface area contributed by atoms with Gasteiger partial charge in [0.05, 0.1) is 25.4 Å². The molecule has 33 heavy (non-hydrogen) atoms. The van der Waals surface area contributed by atoms with Gasteiger partial charge in [0, 0.05) is 23.6 Å². The molecule has 2 aromatic heterocycles. The summed E-state index contributed by atoms with van der Waals surface area (Å²) < 4.78 is 10.6. The predicted octanol–water partition coefficient (Wildman–Crippen LogP) is 3.86. The van der Waals surface area contributed by atoms with Gasteiger partial charge in [-0.2, -0.15) is 11.8 Å². The molecule has 1 aliphatic carbocycles. The van der Waals surface area contributed by atoms with Gasteiger partial charge in [0.2, 0.25) is 5.91 Å². The fraction of sp³-hybridized carbons (Fsp3) is 0.458. The van der Waals surface area contributed by atoms with E-state index in [0.29, 0.717) is 41.8 Å². The fourth-order valence-corrected chi connectivity index (χ4v) is 6.17. The number of rotatable bonds is 10. The Morgan fingerprint density at radius 2 is 2.03 bits per heavy atom. The van der Waals surface area contributed by atoms with Gasteiger partial charge >= 0.3 is 0 Å². The Bertz CT molecular complexity index is 1190. The van der Waals surface area contributed by atoms with Crippen LogP contribution in [0, 0.1) is 0 Å². The lowest BCUT2D eigenvalue weighted by atomic mass is 9.97. The number of hydrogen-bond acceptors (Lipinski definition) is 7. The van der Waals surface area contributed by atoms with Crippen molar-refractivity contribution in [2.75, 3.05) is 26.5 Å². The molecule has 0 spiro atoms. The number of H-pyrrole nitrogens is 1. The van der Waals surface area contributed by atoms with Crippen LogP contribution in [0.25, 0.3) is 10.2 Å². The number of carbonyl (C=O) groups is 1. The molecular formula is C24H29N3O4S2. The van der Waals surface area contributed by atoms with Crippen molar-refractivity contribution in [3.05, 3.63) is 50.4 Å². The average Bonchev–Trinajstić information content (AvgIpc) is 3.20. The summed E-state index contributed by atoms with van der Waals surface area (Å²) in [7, 11) is 3.22. The number of carbonyl (C=O) groups excluding carboxylic acids is 1. The summed E-state index contributed by atoms with van der Waals surface area (Å²) in [5.74, 6) is 3.34. The van der Waals surface area contributed by atoms with Crippen molar-refractivity contribution in [2.24, 2.45) is 0 Å². The summed E-state index contributed by atoms with van der Waals surface area (Å²) in [4.78, 5) is 34.6. The van der Waals surface area contributed by atoms with Crippen molar-refractivity contribution < 1.29 is 14.3 Å². The second kappa shape index (κ2) is 11.1. The molecule has 4 rings (SSSR count). The highest BCUT2D eigenvalue weighted by Gasteiger charge is 2.19. The number of aryl methyl sites for hydroxylation is 2. The zero-order chi connectivity index (χ0) is 23.2. The standard InChI is InChI=1S/C24H29N3O4S2/c1-30-17-8-7-15(13-18(17)31-2)9-11-25-21(28)10-12-32-14-20-26-23(29)22-16-5-3-4-6-19(16)33-24(22)27-20/h7-8,13H,3-6,9-12,14H2,1-2H3,(H,25,28)(H,26,27,29). The molecule has 176 valence electrons. The molecule has 0 saturated heterocycles. The van der Waals surface area contributed by atoms with Gasteiger partial charge in [-0.15, -0.1) is 11.3 Å². The average molecular weight is 488 g/mol. The van der Waals surface area contributed by atoms with Crippen LogP contribution < -0.4 is 20.3 Å². The van der Waals surface area contributed by atoms with Crippen molar-refractivity contribution in [1.82, 2.24) is 15.3 Å². The molecule has 0 bridgehead atoms. The molecule has 1 aromatic carbocycles. The summed E-state index contributed by atoms with van der Waals surface area (Å²) in [6.45, 7) is 0.563. The van der Waals surface area contributed by atoms with Crippen LogP contribution in [0.15, 0.2) is 23.0 Å². The number of fused-ring (bicyclic) bond motifs is 3. The summed E-state index contributed by atoms with van der Waals surface area (Å²) in [6.07, 6.45) is 5.52. The van der Waals surface area contributed by atoms with Crippen molar-refractivity contribution in [1.29, 1.82) is 0 Å². The maximum Gasteiger partial charge on any atom is 0.259 e. The topological polar surface area (TPSA) is 93.3 Å². The summed E-state index contributed by atoms with van der Waals surface area (Å²) in [5, 5.41) is 3.75. The van der Waals surface area contributed by atoms with Crippen LogP contribution in [0.1, 0.15) is 41.1 Å². The Morgan fingerprint density at radius 1 is 1.21 bits per heavy atom. The number of thioether (sulfide) groups is 1. The first-order valence-electron chi connectivity index (χ1n) is 11.2. The summed E-state index contributed by atoms with van der Waals surface area (Å²) in [6, 6.07) is 5.77. The zero-order valence-corrected chi connectivity index (χ0v) is 20.6. The summed E-state index contributed by atoms with van der Waals surface area (Å²) in [5.41, 5.74) is 2.25. The van der Waals surface area contributed by atoms with E-state index in [1.165, 1.54) is 16.9 Å². The first-order valence-corrected chi connectivity index (χ1v) is 13.1. The molecule has 0 saturated carbocycles. The maximum atomic E-state index is 12.6. The van der Waals surface area contributed by atoms with Crippen molar-refractivity contribution in [2.45, 2.75) is 44.3 Å². The van der Waals surface area contributed by atoms with Crippen molar-refractivity contribution in [3.63, 3.8) is 0 Å². The highest BCUT2D eigenvalue weighted by atomic mass is 32.2. The number of hydrogen-bond donors (Lipinski definition) is 2. The Kier molecular flexibility index (Phi) is 7.93. The Labute approximate surface area is 201 Å². The number of ether oxygens (including phenoxy) is 2. The van der Waals surface area contributed by atoms with E-state index in [9.17, 15) is 9.59 Å². The molecule has 1 aliphatic rings. The van der Waals surface area contributed by atoms with E-state index in [-0.39, 0.29) is 11.5 Å². The minimum Gasteiger partial charge on any atom is -0.493 e. The van der Waals surface area contributed by atoms with Crippen LogP contribution in [0.5, 0.6) is 11.5 Å². The minimum atomic E-state index is -0.0251. The first-order chi connectivity index (χ1) is 16.1. The van der Waals surface area contributed by atoms with Crippen LogP contribution in [0.3, 0.4) is 0 Å². The number of aromatic amines is 1. The minimum absolute atomic E-state index is 0.0193. The molecule has 0 atom stereocenters. The lowest BCUT2D eigenvalue weighted by molar-refractivity contribution is -0.120. The third kappa shape index (κ3) is 5.70. The third-order valence-electron chi connectivity index (χ3n) is 5.77. The lowest BCUT2D eigenvalue weighted by Gasteiger charge is -2.10. The van der Waals surface area contributed by atoms with E-state index in [1.54, 1.807) is 37.3 Å². The number of aromatic nitrogens is 2. The van der Waals surface area contributed by atoms with E-state index in [2.05, 4.69) is 15.3 Å². The maximum absolute atomic E-state index is 12.6. The number of amides is 1. The van der Waals surface area contributed by atoms with E-state index in [4.69, 9.17) is 9.47 Å². The molecule has 0 fully saturated rings. The molecule has 2 heterocycles. The predicted molar refractivity (Wildman–Crippen MR) is 134 cm³/mol. The largest absolute Gasteiger partial charge is 0.493 e. The van der Waals surface area contributed by atoms with Gasteiger partial charge in [0.25, 0.3) is 5.56 Å². The van der Waals surface area contributed by atoms with E-state index in [0.717, 1.165) is 41.5 Å². The monoisotopic (exact) mass is 487 g/mol. The molecule has 1 amide bonds. The molecular weight excluding hydrogens is 458 g/mol. The Morgan fingerprint density at radius 3 is 2.85 bits per heavy atom. The van der Waals surface area contributed by atoms with Gasteiger partial charge in [0.1, 0.15) is 10.7 Å². The molecule has 0 aliphatic heterocycles. The molecule has 0 unspecified atom stereocenters. The number of nitrogens with one attached hydrogen (secondary N) is 2. The van der Waals surface area contributed by atoms with E-state index < -0.39 is 0 Å². The highest BCUT2D eigenvalue weighted by Crippen LogP contribution is 2.33. The Hall–Kier alpha value is -2.52. The van der Waals surface area contributed by atoms with Crippen LogP contribution in [-0.4, -0.2) is 42.4 Å². The first kappa shape index (κ1) is 23.6. The van der Waals surface area contributed by atoms with Gasteiger partial charge in [0.15, 0.2) is 11.5 Å². The number of thiophene rings is 1. The molecule has 2 N–H and O–H groups in total. The number of nitrogens with zero attached hydrogens (tertiary/aromatic N) is 1. The van der Waals surface area contributed by atoms with E-state index in [1.807, 2.05) is 18.2 Å². The summed E-state index contributed by atoms with van der Waals surface area (Å²) >= 11 is 3.27. The van der Waals surface area contributed by atoms with Crippen LogP contribution >= 0.6 is 23.1 Å². The van der Waals surface area contributed by atoms with Crippen molar-refractivity contribution >= 4 is 39.2 Å². The van der Waals surface area contributed by atoms with Crippen LogP contribution in [-0.2, 0) is 29.8 Å². The number of benzene rings is 1. The second-order valence-corrected chi connectivity index (χ2v) is 10.2. The molecule has 3 aromatic rings. The highest BCUT2D eigenvalue weighted by molar-refractivity contribution is 7.98. The molecule has 0 radical (unpaired) electrons. The van der Waals surface area contributed by atoms with Crippen LogP contribution in [0.4, 0.5) is 0 Å².